The van der Waals surface area contributed by atoms with Gasteiger partial charge in [-0.05, 0) is 193 Å². The van der Waals surface area contributed by atoms with Gasteiger partial charge in [-0.3, -0.25) is 43.0 Å². The molecule has 13 nitrogen and oxygen atoms in total. The third-order valence-corrected chi connectivity index (χ3v) is 14.9. The molecule has 102 heavy (non-hydrogen) atoms. The van der Waals surface area contributed by atoms with Crippen LogP contribution in [-0.4, -0.2) is 91.1 Å². The fourth-order valence-electron chi connectivity index (χ4n) is 8.05. The van der Waals surface area contributed by atoms with Gasteiger partial charge in [0.1, 0.15) is 11.6 Å². The Morgan fingerprint density at radius 3 is 1.07 bits per heavy atom. The predicted octanol–water partition coefficient (Wildman–Crippen LogP) is 23.0. The molecule has 0 bridgehead atoms. The minimum atomic E-state index is -0.248. The second kappa shape index (κ2) is 47.0. The average molecular weight is 1420 g/mol. The SMILES string of the molecule is C/C=C/C(=O)C(C)(C)C.C=CC(=O)C(C)(C)C.C=Cc1ccn(C(C)(C)C)n1.C=Cc1nccn1C(C)(C)C.CC(C)(C)C(=O)C1=CCC1.CC(C)(C)C(=O)C1=CCCC1.CC(C)(C)C(=O)C1=CCCCC1.CC(C)=CC(=O)C(C)(C)C.CCC(=O)C(C)(C)C.CN(C)C/C=C/C(=O)C(C)(C)C. The van der Waals surface area contributed by atoms with Gasteiger partial charge in [-0.15, -0.1) is 0 Å². The van der Waals surface area contributed by atoms with E-state index >= 15 is 0 Å². The number of carbonyl (C=O) groups is 8. The van der Waals surface area contributed by atoms with Crippen LogP contribution in [0.3, 0.4) is 0 Å². The lowest BCUT2D eigenvalue weighted by Gasteiger charge is -2.22. The number of allylic oxidation sites excluding steroid dienone is 12. The lowest BCUT2D eigenvalue weighted by Crippen LogP contribution is -2.24. The van der Waals surface area contributed by atoms with Gasteiger partial charge in [-0.2, -0.15) is 5.10 Å². The lowest BCUT2D eigenvalue weighted by molar-refractivity contribution is -0.126. The largest absolute Gasteiger partial charge is 0.326 e. The molecule has 5 rings (SSSR count). The molecule has 0 radical (unpaired) electrons. The van der Waals surface area contributed by atoms with Crippen LogP contribution in [0, 0.1) is 43.3 Å². The zero-order chi connectivity index (χ0) is 81.6. The first kappa shape index (κ1) is 104. The zero-order valence-electron chi connectivity index (χ0n) is 72.1. The third kappa shape index (κ3) is 49.9. The van der Waals surface area contributed by atoms with Crippen molar-refractivity contribution in [1.29, 1.82) is 0 Å². The standard InChI is InChI=1S/C11H18O.C10H19NO.C10H16O.2C9H14N2.C9H14O.C9H16O.C8H14O.C7H14O.C7H12O/c1-11(2,3)10(12)9-7-5-4-6-8-9;1-10(2,3)9(12)7-6-8-11(4)5;1-10(2,3)9(11)8-6-4-5-7-8;1-5-8-10-6-7-11(8)9(2,3)4;1-5-8-6-7-11(10-8)9(2,3)4;1-9(2,3)8(10)7-5-4-6-7;1-7(2)6-8(10)9(3,4)5;1-5-6-7(9)8(2,3)4;2*1-5-6(8)7(2,3)4/h7H,4-6,8H2,1-3H3;6-7H,8H2,1-5H3;6H,4-5,7H2,1-3H3;2*5-7H,1H2,2-4H3;5H,4,6H2,1-3H3;6H,1-5H3;5-6H,1-4H3;5H2,1-4H3;5H,1H2,2-4H3/b;7-6+;;;;;;6-5+;;. The normalized spacial score (nSPS) is 13.8. The molecule has 0 saturated heterocycles. The minimum absolute atomic E-state index is 0.0707. The molecule has 13 heteroatoms. The first-order valence-corrected chi connectivity index (χ1v) is 36.8. The summed E-state index contributed by atoms with van der Waals surface area (Å²) >= 11 is 0. The summed E-state index contributed by atoms with van der Waals surface area (Å²) in [4.78, 5) is 96.0. The van der Waals surface area contributed by atoms with E-state index in [1.807, 2.05) is 248 Å². The van der Waals surface area contributed by atoms with Crippen LogP contribution in [-0.2, 0) is 49.4 Å². The molecule has 0 atom stereocenters. The van der Waals surface area contributed by atoms with E-state index < -0.39 is 0 Å². The van der Waals surface area contributed by atoms with Crippen LogP contribution < -0.4 is 0 Å². The first-order valence-electron chi connectivity index (χ1n) is 36.8. The quantitative estimate of drug-likeness (QED) is 0.185. The maximum absolute atomic E-state index is 11.8. The van der Waals surface area contributed by atoms with Crippen molar-refractivity contribution in [3.63, 3.8) is 0 Å². The number of hydrogen-bond acceptors (Lipinski definition) is 11. The summed E-state index contributed by atoms with van der Waals surface area (Å²) in [6, 6.07) is 1.96. The van der Waals surface area contributed by atoms with Gasteiger partial charge in [0.2, 0.25) is 0 Å². The number of rotatable bonds is 12. The second-order valence-electron chi connectivity index (χ2n) is 36.8. The minimum Gasteiger partial charge on any atom is -0.326 e. The number of Topliss-reactive ketones (excluding diaryl/α,β-unsaturated/α-hetero) is 4. The van der Waals surface area contributed by atoms with Crippen molar-refractivity contribution in [3.8, 4) is 0 Å². The number of hydrogen-bond donors (Lipinski definition) is 0. The van der Waals surface area contributed by atoms with E-state index in [4.69, 9.17) is 0 Å². The van der Waals surface area contributed by atoms with Crippen LogP contribution in [0.2, 0.25) is 0 Å². The summed E-state index contributed by atoms with van der Waals surface area (Å²) in [5.41, 5.74) is 3.70. The third-order valence-electron chi connectivity index (χ3n) is 14.9. The van der Waals surface area contributed by atoms with Crippen molar-refractivity contribution in [1.82, 2.24) is 24.2 Å². The van der Waals surface area contributed by atoms with Crippen molar-refractivity contribution in [3.05, 3.63) is 133 Å². The summed E-state index contributed by atoms with van der Waals surface area (Å²) in [6.45, 7) is 78.5. The van der Waals surface area contributed by atoms with Gasteiger partial charge in [0.25, 0.3) is 0 Å². The summed E-state index contributed by atoms with van der Waals surface area (Å²) in [5.74, 6) is 2.91. The Kier molecular flexibility index (Phi) is 47.9. The van der Waals surface area contributed by atoms with Crippen LogP contribution in [0.5, 0.6) is 0 Å². The number of carbonyl (C=O) groups excluding carboxylic acids is 8. The Morgan fingerprint density at radius 2 is 0.882 bits per heavy atom. The Hall–Kier alpha value is -6.60. The van der Waals surface area contributed by atoms with Gasteiger partial charge >= 0.3 is 0 Å². The lowest BCUT2D eigenvalue weighted by atomic mass is 9.81. The molecular weight excluding hydrogens is 1270 g/mol. The van der Waals surface area contributed by atoms with Crippen LogP contribution in [0.25, 0.3) is 12.2 Å². The predicted molar refractivity (Wildman–Crippen MR) is 439 cm³/mol. The van der Waals surface area contributed by atoms with E-state index in [0.29, 0.717) is 29.6 Å². The number of imidazole rings is 1. The molecule has 0 amide bonds. The highest BCUT2D eigenvalue weighted by atomic mass is 16.2. The molecule has 0 aliphatic heterocycles. The molecule has 2 aromatic heterocycles. The maximum Gasteiger partial charge on any atom is 0.163 e. The Labute approximate surface area is 625 Å². The molecule has 3 aliphatic carbocycles. The maximum atomic E-state index is 11.8. The van der Waals surface area contributed by atoms with E-state index in [2.05, 4.69) is 88.1 Å². The van der Waals surface area contributed by atoms with Crippen LogP contribution in [0.15, 0.2) is 121 Å². The van der Waals surface area contributed by atoms with E-state index in [-0.39, 0.29) is 77.5 Å². The molecule has 3 aliphatic rings. The van der Waals surface area contributed by atoms with E-state index in [1.165, 1.54) is 18.9 Å². The molecule has 2 heterocycles. The van der Waals surface area contributed by atoms with Crippen molar-refractivity contribution in [2.24, 2.45) is 43.3 Å². The van der Waals surface area contributed by atoms with Crippen molar-refractivity contribution in [2.75, 3.05) is 20.6 Å². The Morgan fingerprint density at radius 1 is 0.480 bits per heavy atom. The van der Waals surface area contributed by atoms with E-state index in [9.17, 15) is 38.4 Å². The van der Waals surface area contributed by atoms with Crippen molar-refractivity contribution >= 4 is 58.4 Å². The van der Waals surface area contributed by atoms with Gasteiger partial charge in [0.15, 0.2) is 40.5 Å². The first-order chi connectivity index (χ1) is 45.8. The average Bonchev–Trinajstić information content (AvgIpc) is 1.56. The van der Waals surface area contributed by atoms with Gasteiger partial charge in [0, 0.05) is 80.4 Å². The van der Waals surface area contributed by atoms with E-state index in [0.717, 1.165) is 85.3 Å². The molecule has 0 unspecified atom stereocenters. The van der Waals surface area contributed by atoms with Crippen LogP contribution >= 0.6 is 0 Å². The zero-order valence-corrected chi connectivity index (χ0v) is 72.1. The van der Waals surface area contributed by atoms with Gasteiger partial charge in [-0.25, -0.2) is 4.98 Å². The number of likely N-dealkylation sites (N-methyl/N-ethyl adjacent to an activating group) is 1. The van der Waals surface area contributed by atoms with Gasteiger partial charge in [-0.1, -0.05) is 229 Å². The monoisotopic (exact) mass is 1420 g/mol. The fourth-order valence-corrected chi connectivity index (χ4v) is 8.05. The summed E-state index contributed by atoms with van der Waals surface area (Å²) in [5, 5.41) is 4.30. The molecule has 0 aromatic carbocycles. The smallest absolute Gasteiger partial charge is 0.163 e. The van der Waals surface area contributed by atoms with E-state index in [1.54, 1.807) is 42.7 Å². The second-order valence-corrected chi connectivity index (χ2v) is 36.8. The molecule has 2 aromatic rings. The van der Waals surface area contributed by atoms with Crippen molar-refractivity contribution in [2.45, 2.75) is 311 Å². The summed E-state index contributed by atoms with van der Waals surface area (Å²) in [7, 11) is 3.96. The van der Waals surface area contributed by atoms with Crippen LogP contribution in [0.4, 0.5) is 0 Å². The fraction of sp³-hybridized carbons (Fsp3) is 0.640. The summed E-state index contributed by atoms with van der Waals surface area (Å²) < 4.78 is 4.03. The molecule has 0 saturated carbocycles. The number of aromatic nitrogens is 4. The molecular formula is C89H151N5O8. The molecule has 0 fully saturated rings. The number of ketones is 8. The van der Waals surface area contributed by atoms with Gasteiger partial charge < -0.3 is 9.47 Å². The number of nitrogens with zero attached hydrogens (tertiary/aromatic N) is 5. The topological polar surface area (TPSA) is 175 Å². The molecule has 0 N–H and O–H groups in total. The molecule has 580 valence electrons. The Bertz CT molecular complexity index is 3130. The highest BCUT2D eigenvalue weighted by Crippen LogP contribution is 2.30. The summed E-state index contributed by atoms with van der Waals surface area (Å²) in [6.07, 6.45) is 36.0. The Balaban J connectivity index is -0.000000343. The molecule has 0 spiro atoms. The van der Waals surface area contributed by atoms with Crippen LogP contribution in [0.1, 0.15) is 311 Å². The highest BCUT2D eigenvalue weighted by Gasteiger charge is 2.29. The van der Waals surface area contributed by atoms with Gasteiger partial charge in [0.05, 0.1) is 11.2 Å². The van der Waals surface area contributed by atoms with Crippen molar-refractivity contribution < 1.29 is 38.4 Å². The highest BCUT2D eigenvalue weighted by molar-refractivity contribution is 6.01.